The first-order valence-electron chi connectivity index (χ1n) is 5.19. The number of nitrogens with one attached hydrogen (secondary N) is 1. The van der Waals surface area contributed by atoms with Crippen molar-refractivity contribution in [1.29, 1.82) is 0 Å². The summed E-state index contributed by atoms with van der Waals surface area (Å²) >= 11 is 0. The highest BCUT2D eigenvalue weighted by Crippen LogP contribution is 2.19. The molecule has 16 heavy (non-hydrogen) atoms. The van der Waals surface area contributed by atoms with Crippen molar-refractivity contribution < 1.29 is 9.59 Å². The quantitative estimate of drug-likeness (QED) is 0.713. The maximum atomic E-state index is 11.9. The van der Waals surface area contributed by atoms with Crippen molar-refractivity contribution in [3.05, 3.63) is 48.2 Å². The van der Waals surface area contributed by atoms with Gasteiger partial charge in [0.05, 0.1) is 5.70 Å². The minimum Gasteiger partial charge on any atom is -0.382 e. The van der Waals surface area contributed by atoms with E-state index < -0.39 is 0 Å². The van der Waals surface area contributed by atoms with Gasteiger partial charge in [-0.15, -0.1) is 0 Å². The van der Waals surface area contributed by atoms with Gasteiger partial charge >= 0.3 is 0 Å². The summed E-state index contributed by atoms with van der Waals surface area (Å²) in [5, 5.41) is 2.93. The molecule has 0 saturated carbocycles. The third-order valence-electron chi connectivity index (χ3n) is 2.29. The molecule has 0 aliphatic heterocycles. The van der Waals surface area contributed by atoms with E-state index in [2.05, 4.69) is 18.5 Å². The van der Waals surface area contributed by atoms with Crippen LogP contribution in [0.1, 0.15) is 13.3 Å². The summed E-state index contributed by atoms with van der Waals surface area (Å²) in [5.74, 6) is -0.402. The zero-order valence-electron chi connectivity index (χ0n) is 9.38. The second-order valence-corrected chi connectivity index (χ2v) is 3.41. The zero-order valence-corrected chi connectivity index (χ0v) is 9.38. The highest BCUT2D eigenvalue weighted by molar-refractivity contribution is 6.24. The first-order valence-corrected chi connectivity index (χ1v) is 5.19. The molecular weight excluding hydrogens is 202 g/mol. The van der Waals surface area contributed by atoms with Crippen LogP contribution in [0.2, 0.25) is 0 Å². The molecule has 0 aromatic carbocycles. The monoisotopic (exact) mass is 217 g/mol. The zero-order chi connectivity index (χ0) is 12.1. The summed E-state index contributed by atoms with van der Waals surface area (Å²) in [6.45, 7) is 9.73. The number of ketones is 2. The van der Waals surface area contributed by atoms with Crippen LogP contribution < -0.4 is 5.32 Å². The van der Waals surface area contributed by atoms with Gasteiger partial charge in [-0.2, -0.15) is 0 Å². The summed E-state index contributed by atoms with van der Waals surface area (Å²) in [6.07, 6.45) is 5.00. The van der Waals surface area contributed by atoms with Crippen LogP contribution >= 0.6 is 0 Å². The lowest BCUT2D eigenvalue weighted by Crippen LogP contribution is -2.27. The average Bonchev–Trinajstić information content (AvgIpc) is 2.29. The SMILES string of the molecule is C=CC1=C(C=C)C(=O)C(NCCC)=CC1=O. The van der Waals surface area contributed by atoms with Gasteiger partial charge in [0.2, 0.25) is 5.78 Å². The third-order valence-corrected chi connectivity index (χ3v) is 2.29. The molecule has 0 aromatic rings. The highest BCUT2D eigenvalue weighted by atomic mass is 16.1. The van der Waals surface area contributed by atoms with Crippen molar-refractivity contribution >= 4 is 11.6 Å². The van der Waals surface area contributed by atoms with Gasteiger partial charge in [-0.05, 0) is 6.42 Å². The molecule has 3 heteroatoms. The molecule has 0 unspecified atom stereocenters. The van der Waals surface area contributed by atoms with Crippen LogP contribution in [-0.2, 0) is 9.59 Å². The summed E-state index contributed by atoms with van der Waals surface area (Å²) in [6, 6.07) is 0. The molecule has 1 rings (SSSR count). The molecule has 0 radical (unpaired) electrons. The van der Waals surface area contributed by atoms with Crippen molar-refractivity contribution in [3.63, 3.8) is 0 Å². The molecule has 0 saturated heterocycles. The van der Waals surface area contributed by atoms with Crippen LogP contribution in [0.15, 0.2) is 48.2 Å². The highest BCUT2D eigenvalue weighted by Gasteiger charge is 2.24. The summed E-state index contributed by atoms with van der Waals surface area (Å²) < 4.78 is 0. The predicted octanol–water partition coefficient (Wildman–Crippen LogP) is 1.69. The fraction of sp³-hybridized carbons (Fsp3) is 0.231. The number of carbonyl (C=O) groups excluding carboxylic acids is 2. The first-order chi connectivity index (χ1) is 7.65. The number of hydrogen-bond acceptors (Lipinski definition) is 3. The van der Waals surface area contributed by atoms with Crippen LogP contribution in [0.4, 0.5) is 0 Å². The lowest BCUT2D eigenvalue weighted by molar-refractivity contribution is -0.115. The van der Waals surface area contributed by atoms with Gasteiger partial charge in [0.25, 0.3) is 0 Å². The molecule has 1 aliphatic rings. The van der Waals surface area contributed by atoms with E-state index in [0.717, 1.165) is 6.42 Å². The number of carbonyl (C=O) groups is 2. The van der Waals surface area contributed by atoms with Crippen LogP contribution in [0.3, 0.4) is 0 Å². The molecule has 1 N–H and O–H groups in total. The van der Waals surface area contributed by atoms with E-state index in [1.807, 2.05) is 6.92 Å². The van der Waals surface area contributed by atoms with Gasteiger partial charge in [0.15, 0.2) is 5.78 Å². The summed E-state index contributed by atoms with van der Waals surface area (Å²) in [4.78, 5) is 23.6. The van der Waals surface area contributed by atoms with E-state index in [9.17, 15) is 9.59 Å². The molecule has 0 amide bonds. The normalized spacial score (nSPS) is 15.9. The molecule has 3 nitrogen and oxygen atoms in total. The molecular formula is C13H15NO2. The maximum Gasteiger partial charge on any atom is 0.209 e. The Labute approximate surface area is 95.2 Å². The molecule has 0 heterocycles. The second-order valence-electron chi connectivity index (χ2n) is 3.41. The van der Waals surface area contributed by atoms with Gasteiger partial charge < -0.3 is 5.32 Å². The van der Waals surface area contributed by atoms with E-state index in [1.54, 1.807) is 0 Å². The average molecular weight is 217 g/mol. The van der Waals surface area contributed by atoms with E-state index >= 15 is 0 Å². The molecule has 0 aromatic heterocycles. The number of hydrogen-bond donors (Lipinski definition) is 1. The lowest BCUT2D eigenvalue weighted by Gasteiger charge is -2.15. The minimum absolute atomic E-state index is 0.196. The fourth-order valence-corrected chi connectivity index (χ4v) is 1.48. The van der Waals surface area contributed by atoms with E-state index in [1.165, 1.54) is 18.2 Å². The fourth-order valence-electron chi connectivity index (χ4n) is 1.48. The second kappa shape index (κ2) is 5.26. The lowest BCUT2D eigenvalue weighted by atomic mass is 9.92. The molecule has 0 spiro atoms. The van der Waals surface area contributed by atoms with E-state index in [-0.39, 0.29) is 11.6 Å². The Bertz CT molecular complexity index is 414. The van der Waals surface area contributed by atoms with Gasteiger partial charge in [-0.3, -0.25) is 9.59 Å². The smallest absolute Gasteiger partial charge is 0.209 e. The third kappa shape index (κ3) is 2.19. The summed E-state index contributed by atoms with van der Waals surface area (Å²) in [5.41, 5.74) is 0.982. The standard InChI is InChI=1S/C13H15NO2/c1-4-7-14-11-8-12(15)9(5-2)10(6-3)13(11)16/h5-6,8,14H,2-4,7H2,1H3. The molecule has 84 valence electrons. The number of Topliss-reactive ketones (excluding diaryl/α,β-unsaturated/α-hetero) is 1. The van der Waals surface area contributed by atoms with Crippen molar-refractivity contribution in [1.82, 2.24) is 5.32 Å². The summed E-state index contributed by atoms with van der Waals surface area (Å²) in [7, 11) is 0. The van der Waals surface area contributed by atoms with Gasteiger partial charge in [-0.1, -0.05) is 32.2 Å². The Morgan fingerprint density at radius 2 is 1.88 bits per heavy atom. The van der Waals surface area contributed by atoms with Gasteiger partial charge in [0, 0.05) is 23.8 Å². The Kier molecular flexibility index (Phi) is 4.00. The Morgan fingerprint density at radius 1 is 1.25 bits per heavy atom. The van der Waals surface area contributed by atoms with Crippen LogP contribution in [0.5, 0.6) is 0 Å². The molecule has 0 atom stereocenters. The minimum atomic E-state index is -0.205. The van der Waals surface area contributed by atoms with E-state index in [4.69, 9.17) is 0 Å². The van der Waals surface area contributed by atoms with Crippen LogP contribution in [0, 0.1) is 0 Å². The topological polar surface area (TPSA) is 46.2 Å². The molecule has 1 aliphatic carbocycles. The van der Waals surface area contributed by atoms with Crippen molar-refractivity contribution in [2.45, 2.75) is 13.3 Å². The number of rotatable bonds is 5. The molecule has 0 bridgehead atoms. The predicted molar refractivity (Wildman–Crippen MR) is 63.8 cm³/mol. The van der Waals surface area contributed by atoms with Crippen molar-refractivity contribution in [3.8, 4) is 0 Å². The van der Waals surface area contributed by atoms with Gasteiger partial charge in [-0.25, -0.2) is 0 Å². The maximum absolute atomic E-state index is 11.9. The van der Waals surface area contributed by atoms with Crippen molar-refractivity contribution in [2.24, 2.45) is 0 Å². The Hall–Kier alpha value is -1.90. The first kappa shape index (κ1) is 12.2. The molecule has 0 fully saturated rings. The van der Waals surface area contributed by atoms with Crippen LogP contribution in [-0.4, -0.2) is 18.1 Å². The Balaban J connectivity index is 3.06. The van der Waals surface area contributed by atoms with E-state index in [0.29, 0.717) is 23.4 Å². The van der Waals surface area contributed by atoms with Crippen LogP contribution in [0.25, 0.3) is 0 Å². The largest absolute Gasteiger partial charge is 0.382 e. The number of allylic oxidation sites excluding steroid dienone is 5. The van der Waals surface area contributed by atoms with Gasteiger partial charge in [0.1, 0.15) is 0 Å². The Morgan fingerprint density at radius 3 is 2.38 bits per heavy atom. The van der Waals surface area contributed by atoms with Crippen molar-refractivity contribution in [2.75, 3.05) is 6.54 Å².